The lowest BCUT2D eigenvalue weighted by Crippen LogP contribution is -1.91. The highest BCUT2D eigenvalue weighted by Crippen LogP contribution is 1.63. The maximum Gasteiger partial charge on any atom is 0.0560 e. The van der Waals surface area contributed by atoms with Gasteiger partial charge in [0.15, 0.2) is 0 Å². The number of nitrogens with two attached hydrogens (primary N) is 1. The van der Waals surface area contributed by atoms with Gasteiger partial charge in [0.25, 0.3) is 0 Å². The maximum absolute atomic E-state index is 4.94. The second-order valence-electron chi connectivity index (χ2n) is 0.475. The lowest BCUT2D eigenvalue weighted by atomic mass is 10.7. The van der Waals surface area contributed by atoms with E-state index >= 15 is 0 Å². The highest BCUT2D eigenvalue weighted by Gasteiger charge is 1.48. The summed E-state index contributed by atoms with van der Waals surface area (Å²) in [6.45, 7) is 0.436. The van der Waals surface area contributed by atoms with Gasteiger partial charge in [0.05, 0.1) is 6.54 Å². The number of hydrogen-bond donors (Lipinski definition) is 1. The SMILES string of the molecule is NCC#CBr. The molecule has 0 spiro atoms. The van der Waals surface area contributed by atoms with E-state index in [0.717, 1.165) is 0 Å². The molecule has 0 saturated carbocycles. The smallest absolute Gasteiger partial charge is 0.0560 e. The van der Waals surface area contributed by atoms with Gasteiger partial charge in [0.1, 0.15) is 0 Å². The summed E-state index contributed by atoms with van der Waals surface area (Å²) in [7, 11) is 0. The molecule has 0 rings (SSSR count). The average molecular weight is 134 g/mol. The highest BCUT2D eigenvalue weighted by molar-refractivity contribution is 9.12. The molecule has 0 amide bonds. The van der Waals surface area contributed by atoms with Gasteiger partial charge >= 0.3 is 0 Å². The monoisotopic (exact) mass is 133 g/mol. The van der Waals surface area contributed by atoms with Crippen LogP contribution in [-0.2, 0) is 0 Å². The lowest BCUT2D eigenvalue weighted by Gasteiger charge is -1.59. The zero-order valence-electron chi connectivity index (χ0n) is 2.66. The Kier molecular flexibility index (Phi) is 4.00. The van der Waals surface area contributed by atoms with Crippen LogP contribution >= 0.6 is 15.9 Å². The molecule has 0 aromatic carbocycles. The van der Waals surface area contributed by atoms with Crippen molar-refractivity contribution in [2.45, 2.75) is 0 Å². The van der Waals surface area contributed by atoms with Crippen molar-refractivity contribution in [1.29, 1.82) is 0 Å². The van der Waals surface area contributed by atoms with Crippen LogP contribution in [0.4, 0.5) is 0 Å². The first-order valence-electron chi connectivity index (χ1n) is 1.20. The van der Waals surface area contributed by atoms with Crippen LogP contribution in [0.15, 0.2) is 0 Å². The van der Waals surface area contributed by atoms with Gasteiger partial charge in [0, 0.05) is 15.9 Å². The van der Waals surface area contributed by atoms with Crippen molar-refractivity contribution in [1.82, 2.24) is 0 Å². The molecule has 28 valence electrons. The van der Waals surface area contributed by atoms with Crippen molar-refractivity contribution in [3.63, 3.8) is 0 Å². The summed E-state index contributed by atoms with van der Waals surface area (Å²) in [5.41, 5.74) is 4.94. The molecule has 0 unspecified atom stereocenters. The largest absolute Gasteiger partial charge is 0.320 e. The quantitative estimate of drug-likeness (QED) is 0.473. The van der Waals surface area contributed by atoms with Gasteiger partial charge in [-0.15, -0.1) is 0 Å². The fraction of sp³-hybridized carbons (Fsp3) is 0.333. The molecule has 1 nitrogen and oxygen atoms in total. The van der Waals surface area contributed by atoms with E-state index in [0.29, 0.717) is 6.54 Å². The van der Waals surface area contributed by atoms with Crippen molar-refractivity contribution in [2.24, 2.45) is 5.73 Å². The molecule has 0 bridgehead atoms. The van der Waals surface area contributed by atoms with Crippen LogP contribution in [0, 0.1) is 10.8 Å². The predicted octanol–water partition coefficient (Wildman–Crippen LogP) is 0.301. The van der Waals surface area contributed by atoms with Gasteiger partial charge in [-0.2, -0.15) is 0 Å². The minimum absolute atomic E-state index is 0.436. The van der Waals surface area contributed by atoms with Crippen LogP contribution in [0.5, 0.6) is 0 Å². The topological polar surface area (TPSA) is 26.0 Å². The van der Waals surface area contributed by atoms with Gasteiger partial charge in [-0.3, -0.25) is 0 Å². The normalized spacial score (nSPS) is 5.20. The summed E-state index contributed by atoms with van der Waals surface area (Å²) in [5, 5.41) is 0. The average Bonchev–Trinajstić information content (AvgIpc) is 1.41. The zero-order chi connectivity index (χ0) is 4.12. The van der Waals surface area contributed by atoms with E-state index in [2.05, 4.69) is 26.7 Å². The van der Waals surface area contributed by atoms with E-state index < -0.39 is 0 Å². The van der Waals surface area contributed by atoms with Crippen molar-refractivity contribution < 1.29 is 0 Å². The molecule has 2 N–H and O–H groups in total. The van der Waals surface area contributed by atoms with Crippen LogP contribution < -0.4 is 5.73 Å². The molecular formula is C3H4BrN. The lowest BCUT2D eigenvalue weighted by molar-refractivity contribution is 1.30. The first kappa shape index (κ1) is 5.00. The third-order valence-electron chi connectivity index (χ3n) is 0.169. The number of rotatable bonds is 0. The third kappa shape index (κ3) is 4.00. The fourth-order valence-corrected chi connectivity index (χ4v) is 0.200. The fourth-order valence-electron chi connectivity index (χ4n) is 0.0386. The molecule has 0 aromatic rings. The van der Waals surface area contributed by atoms with Crippen molar-refractivity contribution in [3.8, 4) is 10.8 Å². The number of halogens is 1. The molecule has 0 saturated heterocycles. The van der Waals surface area contributed by atoms with E-state index in [-0.39, 0.29) is 0 Å². The minimum Gasteiger partial charge on any atom is -0.320 e. The molecule has 0 aromatic heterocycles. The van der Waals surface area contributed by atoms with Crippen LogP contribution in [-0.4, -0.2) is 6.54 Å². The molecule has 0 aliphatic heterocycles. The highest BCUT2D eigenvalue weighted by atomic mass is 79.9. The first-order valence-corrected chi connectivity index (χ1v) is 1.99. The predicted molar refractivity (Wildman–Crippen MR) is 25.8 cm³/mol. The van der Waals surface area contributed by atoms with Crippen LogP contribution in [0.3, 0.4) is 0 Å². The first-order chi connectivity index (χ1) is 2.41. The summed E-state index contributed by atoms with van der Waals surface area (Å²) in [6.07, 6.45) is 0. The van der Waals surface area contributed by atoms with Gasteiger partial charge in [-0.1, -0.05) is 5.92 Å². The number of hydrogen-bond acceptors (Lipinski definition) is 1. The molecule has 0 fully saturated rings. The second kappa shape index (κ2) is 4.00. The molecule has 0 aliphatic rings. The summed E-state index contributed by atoms with van der Waals surface area (Å²) in [5.74, 6) is 2.56. The Balaban J connectivity index is 2.81. The molecule has 0 aliphatic carbocycles. The second-order valence-corrected chi connectivity index (χ2v) is 0.872. The Morgan fingerprint density at radius 2 is 2.40 bits per heavy atom. The molecule has 0 radical (unpaired) electrons. The van der Waals surface area contributed by atoms with E-state index in [4.69, 9.17) is 5.73 Å². The molecule has 0 heterocycles. The Bertz CT molecular complexity index is 59.0. The Morgan fingerprint density at radius 3 is 2.40 bits per heavy atom. The van der Waals surface area contributed by atoms with E-state index in [9.17, 15) is 0 Å². The van der Waals surface area contributed by atoms with Crippen LogP contribution in [0.1, 0.15) is 0 Å². The molecular weight excluding hydrogens is 130 g/mol. The van der Waals surface area contributed by atoms with Gasteiger partial charge in [-0.25, -0.2) is 0 Å². The van der Waals surface area contributed by atoms with Gasteiger partial charge in [-0.05, 0) is 4.83 Å². The van der Waals surface area contributed by atoms with E-state index in [1.54, 1.807) is 0 Å². The minimum atomic E-state index is 0.436. The van der Waals surface area contributed by atoms with Crippen LogP contribution in [0.2, 0.25) is 0 Å². The van der Waals surface area contributed by atoms with Crippen molar-refractivity contribution >= 4 is 15.9 Å². The molecule has 2 heteroatoms. The standard InChI is InChI=1S/C3H4BrN/c4-2-1-3-5/h3,5H2. The summed E-state index contributed by atoms with van der Waals surface area (Å²) in [4.78, 5) is 2.45. The third-order valence-corrected chi connectivity index (χ3v) is 0.449. The molecule has 0 atom stereocenters. The van der Waals surface area contributed by atoms with Crippen molar-refractivity contribution in [3.05, 3.63) is 0 Å². The van der Waals surface area contributed by atoms with Crippen LogP contribution in [0.25, 0.3) is 0 Å². The van der Waals surface area contributed by atoms with Gasteiger partial charge < -0.3 is 5.73 Å². The summed E-state index contributed by atoms with van der Waals surface area (Å²) < 4.78 is 0. The van der Waals surface area contributed by atoms with E-state index in [1.165, 1.54) is 0 Å². The molecule has 5 heavy (non-hydrogen) atoms. The zero-order valence-corrected chi connectivity index (χ0v) is 4.25. The van der Waals surface area contributed by atoms with Gasteiger partial charge in [0.2, 0.25) is 0 Å². The van der Waals surface area contributed by atoms with E-state index in [1.807, 2.05) is 0 Å². The van der Waals surface area contributed by atoms with Crippen molar-refractivity contribution in [2.75, 3.05) is 6.54 Å². The maximum atomic E-state index is 4.94. The Hall–Kier alpha value is 0. The Labute approximate surface area is 39.7 Å². The summed E-state index contributed by atoms with van der Waals surface area (Å²) in [6, 6.07) is 0. The Morgan fingerprint density at radius 1 is 1.80 bits per heavy atom. The summed E-state index contributed by atoms with van der Waals surface area (Å²) >= 11 is 2.87.